The van der Waals surface area contributed by atoms with Crippen LogP contribution in [0.15, 0.2) is 48.5 Å². The van der Waals surface area contributed by atoms with Crippen molar-refractivity contribution in [3.63, 3.8) is 0 Å². The molecule has 0 N–H and O–H groups in total. The number of hydrogen-bond acceptors (Lipinski definition) is 4. The van der Waals surface area contributed by atoms with E-state index in [0.717, 1.165) is 10.4 Å². The molecule has 10 heteroatoms. The Morgan fingerprint density at radius 3 is 2.36 bits per heavy atom. The van der Waals surface area contributed by atoms with Crippen molar-refractivity contribution in [2.45, 2.75) is 30.8 Å². The quantitative estimate of drug-likeness (QED) is 0.540. The molecule has 0 amide bonds. The Hall–Kier alpha value is -2.46. The second-order valence-corrected chi connectivity index (χ2v) is 8.46. The third-order valence-electron chi connectivity index (χ3n) is 4.68. The number of nitro benzene ring substituents is 1. The van der Waals surface area contributed by atoms with Gasteiger partial charge in [0.2, 0.25) is 10.0 Å². The standard InChI is InChI=1S/C18H17F3N2O4S/c19-18(20,21)16-5-2-1-4-15(16)17-6-3-11-22(17)28(26,27)12-13-7-9-14(10-8-13)23(24)25/h1-2,4-5,7-10,17H,3,6,11-12H2. The van der Waals surface area contributed by atoms with Gasteiger partial charge >= 0.3 is 6.18 Å². The second-order valence-electron chi connectivity index (χ2n) is 6.53. The highest BCUT2D eigenvalue weighted by atomic mass is 32.2. The maximum atomic E-state index is 13.4. The highest BCUT2D eigenvalue weighted by Gasteiger charge is 2.41. The van der Waals surface area contributed by atoms with Crippen LogP contribution in [0.4, 0.5) is 18.9 Å². The third-order valence-corrected chi connectivity index (χ3v) is 6.53. The molecule has 150 valence electrons. The lowest BCUT2D eigenvalue weighted by Crippen LogP contribution is -2.32. The minimum Gasteiger partial charge on any atom is -0.258 e. The molecule has 3 rings (SSSR count). The van der Waals surface area contributed by atoms with Gasteiger partial charge in [-0.15, -0.1) is 0 Å². The SMILES string of the molecule is O=[N+]([O-])c1ccc(CS(=O)(=O)N2CCCC2c2ccccc2C(F)(F)F)cc1. The fourth-order valence-electron chi connectivity index (χ4n) is 3.44. The van der Waals surface area contributed by atoms with Crippen LogP contribution in [0.25, 0.3) is 0 Å². The van der Waals surface area contributed by atoms with Gasteiger partial charge in [0.05, 0.1) is 22.3 Å². The van der Waals surface area contributed by atoms with Gasteiger partial charge in [-0.2, -0.15) is 17.5 Å². The molecule has 0 aromatic heterocycles. The summed E-state index contributed by atoms with van der Waals surface area (Å²) in [5, 5.41) is 10.7. The number of benzene rings is 2. The van der Waals surface area contributed by atoms with Gasteiger partial charge < -0.3 is 0 Å². The summed E-state index contributed by atoms with van der Waals surface area (Å²) < 4.78 is 66.9. The Bertz CT molecular complexity index is 975. The van der Waals surface area contributed by atoms with Crippen LogP contribution >= 0.6 is 0 Å². The molecule has 2 aromatic rings. The summed E-state index contributed by atoms with van der Waals surface area (Å²) in [5.74, 6) is -0.435. The number of halogens is 3. The van der Waals surface area contributed by atoms with Crippen LogP contribution in [-0.2, 0) is 22.0 Å². The van der Waals surface area contributed by atoms with E-state index < -0.39 is 38.5 Å². The van der Waals surface area contributed by atoms with Crippen LogP contribution < -0.4 is 0 Å². The van der Waals surface area contributed by atoms with Crippen LogP contribution in [0.5, 0.6) is 0 Å². The van der Waals surface area contributed by atoms with Crippen LogP contribution in [0.3, 0.4) is 0 Å². The van der Waals surface area contributed by atoms with Crippen LogP contribution in [0, 0.1) is 10.1 Å². The van der Waals surface area contributed by atoms with Gasteiger partial charge in [0.25, 0.3) is 5.69 Å². The Balaban J connectivity index is 1.89. The lowest BCUT2D eigenvalue weighted by Gasteiger charge is -2.26. The van der Waals surface area contributed by atoms with Crippen LogP contribution in [0.2, 0.25) is 0 Å². The summed E-state index contributed by atoms with van der Waals surface area (Å²) in [5.41, 5.74) is -0.725. The molecular formula is C18H17F3N2O4S. The molecule has 1 aliphatic heterocycles. The van der Waals surface area contributed by atoms with Gasteiger partial charge in [0.1, 0.15) is 0 Å². The van der Waals surface area contributed by atoms with E-state index in [-0.39, 0.29) is 17.8 Å². The average Bonchev–Trinajstić information content (AvgIpc) is 3.12. The van der Waals surface area contributed by atoms with Crippen molar-refractivity contribution in [2.24, 2.45) is 0 Å². The summed E-state index contributed by atoms with van der Waals surface area (Å²) in [6.07, 6.45) is -3.82. The van der Waals surface area contributed by atoms with E-state index in [1.807, 2.05) is 0 Å². The first kappa shape index (κ1) is 20.3. The van der Waals surface area contributed by atoms with Gasteiger partial charge in [-0.1, -0.05) is 30.3 Å². The predicted octanol–water partition coefficient (Wildman–Crippen LogP) is 4.28. The number of nitro groups is 1. The van der Waals surface area contributed by atoms with Crippen molar-refractivity contribution in [3.8, 4) is 0 Å². The van der Waals surface area contributed by atoms with Crippen molar-refractivity contribution < 1.29 is 26.5 Å². The third kappa shape index (κ3) is 4.17. The molecule has 0 saturated carbocycles. The minimum atomic E-state index is -4.58. The molecule has 0 bridgehead atoms. The molecular weight excluding hydrogens is 397 g/mol. The molecule has 1 saturated heterocycles. The molecule has 1 fully saturated rings. The summed E-state index contributed by atoms with van der Waals surface area (Å²) in [6.45, 7) is 0.131. The lowest BCUT2D eigenvalue weighted by atomic mass is 9.99. The Labute approximate surface area is 159 Å². The Morgan fingerprint density at radius 1 is 1.11 bits per heavy atom. The highest BCUT2D eigenvalue weighted by Crippen LogP contribution is 2.41. The summed E-state index contributed by atoms with van der Waals surface area (Å²) in [6, 6.07) is 9.19. The molecule has 1 aliphatic rings. The fourth-order valence-corrected chi connectivity index (χ4v) is 5.23. The maximum absolute atomic E-state index is 13.4. The van der Waals surface area contributed by atoms with E-state index in [1.165, 1.54) is 42.5 Å². The van der Waals surface area contributed by atoms with Gasteiger partial charge in [0, 0.05) is 18.7 Å². The zero-order chi connectivity index (χ0) is 20.5. The van der Waals surface area contributed by atoms with E-state index in [0.29, 0.717) is 18.4 Å². The van der Waals surface area contributed by atoms with Gasteiger partial charge in [-0.3, -0.25) is 10.1 Å². The highest BCUT2D eigenvalue weighted by molar-refractivity contribution is 7.88. The zero-order valence-corrected chi connectivity index (χ0v) is 15.4. The topological polar surface area (TPSA) is 80.5 Å². The van der Waals surface area contributed by atoms with Gasteiger partial charge in [0.15, 0.2) is 0 Å². The van der Waals surface area contributed by atoms with Crippen LogP contribution in [-0.4, -0.2) is 24.2 Å². The van der Waals surface area contributed by atoms with E-state index in [4.69, 9.17) is 0 Å². The largest absolute Gasteiger partial charge is 0.416 e. The van der Waals surface area contributed by atoms with Gasteiger partial charge in [-0.25, -0.2) is 8.42 Å². The molecule has 0 aliphatic carbocycles. The van der Waals surface area contributed by atoms with Crippen molar-refractivity contribution in [1.29, 1.82) is 0 Å². The Kier molecular flexibility index (Phi) is 5.44. The van der Waals surface area contributed by atoms with Crippen molar-refractivity contribution >= 4 is 15.7 Å². The van der Waals surface area contributed by atoms with E-state index in [2.05, 4.69) is 0 Å². The van der Waals surface area contributed by atoms with E-state index >= 15 is 0 Å². The molecule has 1 atom stereocenters. The number of rotatable bonds is 5. The number of non-ortho nitro benzene ring substituents is 1. The first-order valence-corrected chi connectivity index (χ1v) is 10.1. The molecule has 1 heterocycles. The maximum Gasteiger partial charge on any atom is 0.416 e. The number of alkyl halides is 3. The number of nitrogens with zero attached hydrogens (tertiary/aromatic N) is 2. The summed E-state index contributed by atoms with van der Waals surface area (Å²) >= 11 is 0. The number of hydrogen-bond donors (Lipinski definition) is 0. The summed E-state index contributed by atoms with van der Waals surface area (Å²) in [7, 11) is -3.91. The summed E-state index contributed by atoms with van der Waals surface area (Å²) in [4.78, 5) is 10.1. The molecule has 1 unspecified atom stereocenters. The minimum absolute atomic E-state index is 0.0558. The second kappa shape index (κ2) is 7.51. The molecule has 0 radical (unpaired) electrons. The first-order chi connectivity index (χ1) is 13.1. The molecule has 2 aromatic carbocycles. The zero-order valence-electron chi connectivity index (χ0n) is 14.6. The van der Waals surface area contributed by atoms with Crippen molar-refractivity contribution in [2.75, 3.05) is 6.54 Å². The molecule has 6 nitrogen and oxygen atoms in total. The first-order valence-electron chi connectivity index (χ1n) is 8.48. The fraction of sp³-hybridized carbons (Fsp3) is 0.333. The predicted molar refractivity (Wildman–Crippen MR) is 95.8 cm³/mol. The lowest BCUT2D eigenvalue weighted by molar-refractivity contribution is -0.384. The number of sulfonamides is 1. The molecule has 28 heavy (non-hydrogen) atoms. The van der Waals surface area contributed by atoms with Gasteiger partial charge in [-0.05, 0) is 30.0 Å². The van der Waals surface area contributed by atoms with Crippen molar-refractivity contribution in [3.05, 3.63) is 75.3 Å². The molecule has 0 spiro atoms. The normalized spacial score (nSPS) is 18.3. The smallest absolute Gasteiger partial charge is 0.258 e. The Morgan fingerprint density at radius 2 is 1.75 bits per heavy atom. The average molecular weight is 414 g/mol. The van der Waals surface area contributed by atoms with Crippen molar-refractivity contribution in [1.82, 2.24) is 4.31 Å². The van der Waals surface area contributed by atoms with E-state index in [9.17, 15) is 31.7 Å². The van der Waals surface area contributed by atoms with Crippen LogP contribution in [0.1, 0.15) is 35.6 Å². The van der Waals surface area contributed by atoms with E-state index in [1.54, 1.807) is 0 Å². The monoisotopic (exact) mass is 414 g/mol.